The van der Waals surface area contributed by atoms with Crippen LogP contribution in [0.15, 0.2) is 30.3 Å². The zero-order valence-corrected chi connectivity index (χ0v) is 13.7. The van der Waals surface area contributed by atoms with Crippen molar-refractivity contribution in [3.63, 3.8) is 0 Å². The highest BCUT2D eigenvalue weighted by Gasteiger charge is 2.22. The maximum atomic E-state index is 12.1. The van der Waals surface area contributed by atoms with Crippen LogP contribution in [0.3, 0.4) is 0 Å². The monoisotopic (exact) mass is 344 g/mol. The molecule has 0 bridgehead atoms. The van der Waals surface area contributed by atoms with Crippen LogP contribution >= 0.6 is 0 Å². The molecular formula is C16H20N6O3. The molecule has 2 N–H and O–H groups in total. The number of nitrogens with zero attached hydrogens (tertiary/aromatic N) is 4. The summed E-state index contributed by atoms with van der Waals surface area (Å²) in [6.07, 6.45) is 2.46. The molecule has 2 heterocycles. The summed E-state index contributed by atoms with van der Waals surface area (Å²) < 4.78 is 5.53. The van der Waals surface area contributed by atoms with Crippen LogP contribution in [0.2, 0.25) is 0 Å². The average molecular weight is 344 g/mol. The molecule has 1 aliphatic heterocycles. The standard InChI is InChI=1S/C16H20N6O3/c23-15(18-13-8-4-5-9-17-16(13)24)10-22-20-14(19-21-22)11-25-12-6-2-1-3-7-12/h1-3,6-7,13H,4-5,8-11H2,(H,17,24)(H,18,23). The molecule has 0 aliphatic carbocycles. The van der Waals surface area contributed by atoms with Gasteiger partial charge in [0.25, 0.3) is 0 Å². The van der Waals surface area contributed by atoms with Crippen LogP contribution in [0.25, 0.3) is 0 Å². The molecule has 3 rings (SSSR count). The first-order chi connectivity index (χ1) is 12.2. The summed E-state index contributed by atoms with van der Waals surface area (Å²) in [5.41, 5.74) is 0. The third-order valence-electron chi connectivity index (χ3n) is 3.76. The van der Waals surface area contributed by atoms with Gasteiger partial charge in [0, 0.05) is 6.54 Å². The van der Waals surface area contributed by atoms with Crippen molar-refractivity contribution in [2.24, 2.45) is 0 Å². The van der Waals surface area contributed by atoms with Crippen LogP contribution < -0.4 is 15.4 Å². The summed E-state index contributed by atoms with van der Waals surface area (Å²) in [6, 6.07) is 8.79. The number of amides is 2. The van der Waals surface area contributed by atoms with E-state index >= 15 is 0 Å². The number of nitrogens with one attached hydrogen (secondary N) is 2. The zero-order valence-electron chi connectivity index (χ0n) is 13.7. The molecule has 25 heavy (non-hydrogen) atoms. The number of ether oxygens (including phenoxy) is 1. The van der Waals surface area contributed by atoms with Crippen LogP contribution in [-0.4, -0.2) is 44.6 Å². The Kier molecular flexibility index (Phi) is 5.55. The lowest BCUT2D eigenvalue weighted by Gasteiger charge is -2.14. The van der Waals surface area contributed by atoms with Crippen molar-refractivity contribution in [1.29, 1.82) is 0 Å². The third kappa shape index (κ3) is 5.00. The quantitative estimate of drug-likeness (QED) is 0.765. The molecule has 1 aromatic carbocycles. The van der Waals surface area contributed by atoms with Crippen molar-refractivity contribution in [3.05, 3.63) is 36.2 Å². The van der Waals surface area contributed by atoms with E-state index in [2.05, 4.69) is 26.0 Å². The predicted molar refractivity (Wildman–Crippen MR) is 87.4 cm³/mol. The summed E-state index contributed by atoms with van der Waals surface area (Å²) >= 11 is 0. The lowest BCUT2D eigenvalue weighted by molar-refractivity contribution is -0.129. The normalized spacial score (nSPS) is 17.4. The third-order valence-corrected chi connectivity index (χ3v) is 3.76. The van der Waals surface area contributed by atoms with E-state index in [-0.39, 0.29) is 25.0 Å². The second kappa shape index (κ2) is 8.22. The Labute approximate surface area is 144 Å². The molecule has 1 atom stereocenters. The van der Waals surface area contributed by atoms with Crippen molar-refractivity contribution in [2.45, 2.75) is 38.5 Å². The van der Waals surface area contributed by atoms with Gasteiger partial charge >= 0.3 is 0 Å². The van der Waals surface area contributed by atoms with Gasteiger partial charge in [-0.05, 0) is 36.6 Å². The van der Waals surface area contributed by atoms with E-state index in [9.17, 15) is 9.59 Å². The smallest absolute Gasteiger partial charge is 0.244 e. The van der Waals surface area contributed by atoms with Crippen LogP contribution in [0.5, 0.6) is 5.75 Å². The van der Waals surface area contributed by atoms with Gasteiger partial charge in [0.05, 0.1) is 0 Å². The van der Waals surface area contributed by atoms with Crippen LogP contribution in [0.1, 0.15) is 25.1 Å². The number of carbonyl (C=O) groups is 2. The van der Waals surface area contributed by atoms with Crippen molar-refractivity contribution >= 4 is 11.8 Å². The summed E-state index contributed by atoms with van der Waals surface area (Å²) in [5.74, 6) is 0.615. The predicted octanol–water partition coefficient (Wildman–Crippen LogP) is 0.0370. The number of rotatable bonds is 6. The molecule has 0 spiro atoms. The summed E-state index contributed by atoms with van der Waals surface area (Å²) in [5, 5.41) is 17.3. The van der Waals surface area contributed by atoms with Gasteiger partial charge in [-0.15, -0.1) is 10.2 Å². The number of hydrogen-bond donors (Lipinski definition) is 2. The molecule has 1 aromatic heterocycles. The van der Waals surface area contributed by atoms with E-state index in [1.54, 1.807) is 0 Å². The van der Waals surface area contributed by atoms with Crippen molar-refractivity contribution in [3.8, 4) is 5.75 Å². The van der Waals surface area contributed by atoms with Gasteiger partial charge in [0.1, 0.15) is 18.3 Å². The SMILES string of the molecule is O=C(Cn1nnc(COc2ccccc2)n1)NC1CCCCNC1=O. The lowest BCUT2D eigenvalue weighted by Crippen LogP contribution is -2.46. The number of tetrazole rings is 1. The number of aromatic nitrogens is 4. The Morgan fingerprint density at radius 1 is 1.32 bits per heavy atom. The molecular weight excluding hydrogens is 324 g/mol. The minimum atomic E-state index is -0.501. The topological polar surface area (TPSA) is 111 Å². The fourth-order valence-corrected chi connectivity index (χ4v) is 2.51. The summed E-state index contributed by atoms with van der Waals surface area (Å²) in [7, 11) is 0. The van der Waals surface area contributed by atoms with E-state index in [0.717, 1.165) is 12.8 Å². The highest BCUT2D eigenvalue weighted by molar-refractivity contribution is 5.87. The first-order valence-corrected chi connectivity index (χ1v) is 8.22. The molecule has 2 aromatic rings. The van der Waals surface area contributed by atoms with Gasteiger partial charge < -0.3 is 15.4 Å². The Hall–Kier alpha value is -2.97. The molecule has 9 nitrogen and oxygen atoms in total. The number of carbonyl (C=O) groups excluding carboxylic acids is 2. The molecule has 1 aliphatic rings. The first-order valence-electron chi connectivity index (χ1n) is 8.22. The van der Waals surface area contributed by atoms with E-state index in [1.807, 2.05) is 30.3 Å². The van der Waals surface area contributed by atoms with Crippen LogP contribution in [-0.2, 0) is 22.7 Å². The maximum absolute atomic E-state index is 12.1. The lowest BCUT2D eigenvalue weighted by atomic mass is 10.1. The highest BCUT2D eigenvalue weighted by Crippen LogP contribution is 2.09. The van der Waals surface area contributed by atoms with Gasteiger partial charge in [-0.25, -0.2) is 0 Å². The fraction of sp³-hybridized carbons (Fsp3) is 0.438. The van der Waals surface area contributed by atoms with E-state index in [1.165, 1.54) is 4.80 Å². The van der Waals surface area contributed by atoms with Gasteiger partial charge in [0.2, 0.25) is 17.6 Å². The highest BCUT2D eigenvalue weighted by atomic mass is 16.5. The van der Waals surface area contributed by atoms with Gasteiger partial charge in [-0.2, -0.15) is 4.80 Å². The fourth-order valence-electron chi connectivity index (χ4n) is 2.51. The van der Waals surface area contributed by atoms with E-state index < -0.39 is 6.04 Å². The van der Waals surface area contributed by atoms with Crippen molar-refractivity contribution < 1.29 is 14.3 Å². The second-order valence-electron chi connectivity index (χ2n) is 5.74. The zero-order chi connectivity index (χ0) is 17.5. The molecule has 9 heteroatoms. The molecule has 1 saturated heterocycles. The number of para-hydroxylation sites is 1. The van der Waals surface area contributed by atoms with Gasteiger partial charge in [-0.1, -0.05) is 18.2 Å². The summed E-state index contributed by atoms with van der Waals surface area (Å²) in [6.45, 7) is 0.722. The number of hydrogen-bond acceptors (Lipinski definition) is 6. The average Bonchev–Trinajstić information content (AvgIpc) is 2.96. The number of benzene rings is 1. The first kappa shape index (κ1) is 16.9. The van der Waals surface area contributed by atoms with Crippen LogP contribution in [0.4, 0.5) is 0 Å². The Balaban J connectivity index is 1.48. The van der Waals surface area contributed by atoms with E-state index in [0.29, 0.717) is 24.5 Å². The molecule has 132 valence electrons. The van der Waals surface area contributed by atoms with Crippen molar-refractivity contribution in [2.75, 3.05) is 6.54 Å². The molecule has 2 amide bonds. The Bertz CT molecular complexity index is 718. The van der Waals surface area contributed by atoms with E-state index in [4.69, 9.17) is 4.74 Å². The largest absolute Gasteiger partial charge is 0.485 e. The van der Waals surface area contributed by atoms with Gasteiger partial charge in [0.15, 0.2) is 6.61 Å². The molecule has 1 fully saturated rings. The molecule has 1 unspecified atom stereocenters. The van der Waals surface area contributed by atoms with Crippen LogP contribution in [0, 0.1) is 0 Å². The molecule has 0 saturated carbocycles. The summed E-state index contributed by atoms with van der Waals surface area (Å²) in [4.78, 5) is 25.1. The Morgan fingerprint density at radius 3 is 3.00 bits per heavy atom. The molecule has 0 radical (unpaired) electrons. The minimum absolute atomic E-state index is 0.0951. The van der Waals surface area contributed by atoms with Crippen molar-refractivity contribution in [1.82, 2.24) is 30.8 Å². The van der Waals surface area contributed by atoms with Gasteiger partial charge in [-0.3, -0.25) is 9.59 Å². The minimum Gasteiger partial charge on any atom is -0.485 e. The Morgan fingerprint density at radius 2 is 2.16 bits per heavy atom. The second-order valence-corrected chi connectivity index (χ2v) is 5.74. The maximum Gasteiger partial charge on any atom is 0.244 e.